The van der Waals surface area contributed by atoms with Crippen molar-refractivity contribution in [3.8, 4) is 0 Å². The Morgan fingerprint density at radius 2 is 2.00 bits per heavy atom. The van der Waals surface area contributed by atoms with Crippen molar-refractivity contribution < 1.29 is 18.1 Å². The van der Waals surface area contributed by atoms with Crippen LogP contribution in [0, 0.1) is 5.92 Å². The first kappa shape index (κ1) is 19.0. The lowest BCUT2D eigenvalue weighted by atomic mass is 9.85. The number of piperazine rings is 1. The SMILES string of the molecule is C=C(C)[C@@H]1CC=C(C[NH+]2CCN(c3cccc(C(F)(F)F)c3)CC2)CC1. The summed E-state index contributed by atoms with van der Waals surface area (Å²) < 4.78 is 38.7. The molecule has 0 spiro atoms. The van der Waals surface area contributed by atoms with E-state index in [1.165, 1.54) is 34.6 Å². The van der Waals surface area contributed by atoms with Gasteiger partial charge in [-0.2, -0.15) is 13.2 Å². The minimum absolute atomic E-state index is 0.566. The Hall–Kier alpha value is -1.75. The Morgan fingerprint density at radius 3 is 2.58 bits per heavy atom. The molecule has 1 aliphatic carbocycles. The van der Waals surface area contributed by atoms with Crippen LogP contribution in [0.5, 0.6) is 0 Å². The van der Waals surface area contributed by atoms with Crippen molar-refractivity contribution >= 4 is 5.69 Å². The van der Waals surface area contributed by atoms with Gasteiger partial charge in [0.25, 0.3) is 0 Å². The van der Waals surface area contributed by atoms with Crippen LogP contribution in [0.15, 0.2) is 48.1 Å². The summed E-state index contributed by atoms with van der Waals surface area (Å²) in [4.78, 5) is 3.61. The van der Waals surface area contributed by atoms with Crippen LogP contribution in [0.2, 0.25) is 0 Å². The molecule has 0 radical (unpaired) electrons. The molecule has 1 atom stereocenters. The lowest BCUT2D eigenvalue weighted by molar-refractivity contribution is -0.895. The number of benzene rings is 1. The maximum Gasteiger partial charge on any atom is 0.416 e. The van der Waals surface area contributed by atoms with E-state index in [-0.39, 0.29) is 0 Å². The summed E-state index contributed by atoms with van der Waals surface area (Å²) in [7, 11) is 0. The van der Waals surface area contributed by atoms with Gasteiger partial charge in [-0.1, -0.05) is 24.3 Å². The molecule has 0 saturated carbocycles. The number of nitrogens with zero attached hydrogens (tertiary/aromatic N) is 1. The predicted molar refractivity (Wildman–Crippen MR) is 99.5 cm³/mol. The first-order chi connectivity index (χ1) is 12.3. The number of anilines is 1. The topological polar surface area (TPSA) is 7.68 Å². The van der Waals surface area contributed by atoms with Crippen LogP contribution in [-0.4, -0.2) is 32.7 Å². The number of alkyl halides is 3. The largest absolute Gasteiger partial charge is 0.416 e. The molecular formula is C21H28F3N2+. The smallest absolute Gasteiger partial charge is 0.360 e. The lowest BCUT2D eigenvalue weighted by Crippen LogP contribution is -3.15. The molecule has 26 heavy (non-hydrogen) atoms. The van der Waals surface area contributed by atoms with Gasteiger partial charge in [-0.05, 0) is 55.9 Å². The van der Waals surface area contributed by atoms with Crippen LogP contribution >= 0.6 is 0 Å². The molecule has 142 valence electrons. The van der Waals surface area contributed by atoms with E-state index in [0.717, 1.165) is 51.6 Å². The maximum atomic E-state index is 12.9. The highest BCUT2D eigenvalue weighted by atomic mass is 19.4. The first-order valence-electron chi connectivity index (χ1n) is 9.42. The normalized spacial score (nSPS) is 22.2. The Morgan fingerprint density at radius 1 is 1.27 bits per heavy atom. The fraction of sp³-hybridized carbons (Fsp3) is 0.524. The molecule has 1 aromatic rings. The van der Waals surface area contributed by atoms with Crippen molar-refractivity contribution in [1.82, 2.24) is 0 Å². The summed E-state index contributed by atoms with van der Waals surface area (Å²) in [6.07, 6.45) is 1.56. The Labute approximate surface area is 154 Å². The number of quaternary nitrogens is 1. The third kappa shape index (κ3) is 4.70. The minimum atomic E-state index is -4.28. The Bertz CT molecular complexity index is 670. The van der Waals surface area contributed by atoms with Crippen molar-refractivity contribution in [2.45, 2.75) is 32.4 Å². The molecule has 1 N–H and O–H groups in total. The van der Waals surface area contributed by atoms with Crippen LogP contribution in [0.3, 0.4) is 0 Å². The highest BCUT2D eigenvalue weighted by molar-refractivity contribution is 5.49. The van der Waals surface area contributed by atoms with Gasteiger partial charge in [0.1, 0.15) is 0 Å². The van der Waals surface area contributed by atoms with E-state index in [2.05, 4.69) is 24.5 Å². The molecule has 1 aliphatic heterocycles. The van der Waals surface area contributed by atoms with E-state index in [4.69, 9.17) is 0 Å². The maximum absolute atomic E-state index is 12.9. The van der Waals surface area contributed by atoms with Crippen molar-refractivity contribution in [3.05, 3.63) is 53.6 Å². The summed E-state index contributed by atoms with van der Waals surface area (Å²) in [6, 6.07) is 5.69. The van der Waals surface area contributed by atoms with Gasteiger partial charge < -0.3 is 9.80 Å². The number of rotatable bonds is 4. The van der Waals surface area contributed by atoms with E-state index < -0.39 is 11.7 Å². The second-order valence-electron chi connectivity index (χ2n) is 7.64. The fourth-order valence-electron chi connectivity index (χ4n) is 3.95. The van der Waals surface area contributed by atoms with Crippen molar-refractivity contribution in [1.29, 1.82) is 0 Å². The van der Waals surface area contributed by atoms with Gasteiger partial charge in [-0.15, -0.1) is 0 Å². The summed E-state index contributed by atoms with van der Waals surface area (Å²) in [5.74, 6) is 0.631. The van der Waals surface area contributed by atoms with Crippen molar-refractivity contribution in [2.24, 2.45) is 5.92 Å². The number of hydrogen-bond donors (Lipinski definition) is 1. The molecule has 0 amide bonds. The Balaban J connectivity index is 1.53. The highest BCUT2D eigenvalue weighted by Gasteiger charge is 2.31. The molecule has 0 aromatic heterocycles. The monoisotopic (exact) mass is 365 g/mol. The molecule has 0 unspecified atom stereocenters. The van der Waals surface area contributed by atoms with E-state index in [0.29, 0.717) is 11.6 Å². The second-order valence-corrected chi connectivity index (χ2v) is 7.64. The van der Waals surface area contributed by atoms with E-state index in [1.54, 1.807) is 6.07 Å². The average Bonchev–Trinajstić information content (AvgIpc) is 2.62. The van der Waals surface area contributed by atoms with Crippen LogP contribution < -0.4 is 9.80 Å². The zero-order valence-electron chi connectivity index (χ0n) is 15.4. The highest BCUT2D eigenvalue weighted by Crippen LogP contribution is 2.31. The number of nitrogens with one attached hydrogen (secondary N) is 1. The van der Waals surface area contributed by atoms with Crippen LogP contribution in [-0.2, 0) is 6.18 Å². The Kier molecular flexibility index (Phi) is 5.76. The van der Waals surface area contributed by atoms with Gasteiger partial charge in [-0.25, -0.2) is 0 Å². The molecule has 0 bridgehead atoms. The van der Waals surface area contributed by atoms with Crippen LogP contribution in [0.4, 0.5) is 18.9 Å². The van der Waals surface area contributed by atoms with Gasteiger partial charge in [0, 0.05) is 5.69 Å². The second kappa shape index (κ2) is 7.87. The molecule has 1 saturated heterocycles. The molecule has 1 fully saturated rings. The predicted octanol–water partition coefficient (Wildman–Crippen LogP) is 3.71. The molecule has 1 aromatic carbocycles. The molecule has 3 rings (SSSR count). The minimum Gasteiger partial charge on any atom is -0.360 e. The summed E-state index contributed by atoms with van der Waals surface area (Å²) >= 11 is 0. The van der Waals surface area contributed by atoms with Gasteiger partial charge in [0.15, 0.2) is 0 Å². The van der Waals surface area contributed by atoms with Gasteiger partial charge in [-0.3, -0.25) is 0 Å². The van der Waals surface area contributed by atoms with Crippen LogP contribution in [0.25, 0.3) is 0 Å². The van der Waals surface area contributed by atoms with Gasteiger partial charge in [0.05, 0.1) is 38.3 Å². The molecular weight excluding hydrogens is 337 g/mol. The quantitative estimate of drug-likeness (QED) is 0.800. The van der Waals surface area contributed by atoms with Crippen molar-refractivity contribution in [3.63, 3.8) is 0 Å². The van der Waals surface area contributed by atoms with Gasteiger partial charge >= 0.3 is 6.18 Å². The molecule has 2 aliphatic rings. The third-order valence-corrected chi connectivity index (χ3v) is 5.69. The van der Waals surface area contributed by atoms with E-state index >= 15 is 0 Å². The van der Waals surface area contributed by atoms with Gasteiger partial charge in [0.2, 0.25) is 0 Å². The molecule has 2 nitrogen and oxygen atoms in total. The number of hydrogen-bond acceptors (Lipinski definition) is 1. The number of halogens is 3. The fourth-order valence-corrected chi connectivity index (χ4v) is 3.95. The standard InChI is InChI=1S/C21H27F3N2/c1-16(2)18-8-6-17(7-9-18)15-25-10-12-26(13-11-25)20-5-3-4-19(14-20)21(22,23)24/h3-6,14,18H,1,7-13,15H2,2H3/p+1/t18-/m1/s1. The number of allylic oxidation sites excluding steroid dienone is 2. The molecule has 1 heterocycles. The average molecular weight is 365 g/mol. The zero-order chi connectivity index (χ0) is 18.7. The van der Waals surface area contributed by atoms with Crippen molar-refractivity contribution in [2.75, 3.05) is 37.6 Å². The van der Waals surface area contributed by atoms with E-state index in [9.17, 15) is 13.2 Å². The lowest BCUT2D eigenvalue weighted by Gasteiger charge is -2.35. The van der Waals surface area contributed by atoms with E-state index in [1.807, 2.05) is 0 Å². The molecule has 5 heteroatoms. The summed E-state index contributed by atoms with van der Waals surface area (Å²) in [5.41, 5.74) is 2.93. The summed E-state index contributed by atoms with van der Waals surface area (Å²) in [5, 5.41) is 0. The van der Waals surface area contributed by atoms with Crippen LogP contribution in [0.1, 0.15) is 31.7 Å². The zero-order valence-corrected chi connectivity index (χ0v) is 15.4. The first-order valence-corrected chi connectivity index (χ1v) is 9.42. The third-order valence-electron chi connectivity index (χ3n) is 5.69. The summed E-state index contributed by atoms with van der Waals surface area (Å²) in [6.45, 7) is 10.8.